The first-order chi connectivity index (χ1) is 10.2. The van der Waals surface area contributed by atoms with E-state index in [9.17, 15) is 0 Å². The van der Waals surface area contributed by atoms with E-state index in [1.807, 2.05) is 65.8 Å². The third-order valence-corrected chi connectivity index (χ3v) is 1.94. The third-order valence-electron chi connectivity index (χ3n) is 1.94. The molecule has 0 aromatic heterocycles. The number of nitrogens with zero attached hydrogens (tertiary/aromatic N) is 1. The second-order valence-corrected chi connectivity index (χ2v) is 3.21. The van der Waals surface area contributed by atoms with E-state index in [1.165, 1.54) is 0 Å². The summed E-state index contributed by atoms with van der Waals surface area (Å²) >= 11 is 0. The number of hydrogen-bond donors (Lipinski definition) is 2. The molecule has 0 spiro atoms. The summed E-state index contributed by atoms with van der Waals surface area (Å²) in [7, 11) is 0. The zero-order valence-corrected chi connectivity index (χ0v) is 14.6. The maximum Gasteiger partial charge on any atom is 0.198 e. The first kappa shape index (κ1) is 24.0. The van der Waals surface area contributed by atoms with Gasteiger partial charge in [-0.1, -0.05) is 72.1 Å². The highest BCUT2D eigenvalue weighted by Gasteiger charge is 1.96. The fourth-order valence-electron chi connectivity index (χ4n) is 1.09. The van der Waals surface area contributed by atoms with Crippen molar-refractivity contribution >= 4 is 5.96 Å². The molecule has 0 aromatic rings. The molecule has 3 heteroatoms. The molecule has 0 aromatic carbocycles. The molecule has 0 atom stereocenters. The lowest BCUT2D eigenvalue weighted by Gasteiger charge is -2.07. The maximum atomic E-state index is 5.79. The van der Waals surface area contributed by atoms with Gasteiger partial charge in [-0.25, -0.2) is 4.99 Å². The number of guanidine groups is 1. The lowest BCUT2D eigenvalue weighted by Crippen LogP contribution is -2.30. The van der Waals surface area contributed by atoms with Gasteiger partial charge in [0.2, 0.25) is 0 Å². The molecule has 0 fully saturated rings. The van der Waals surface area contributed by atoms with Crippen molar-refractivity contribution in [3.63, 3.8) is 0 Å². The molecule has 21 heavy (non-hydrogen) atoms. The Kier molecular flexibility index (Phi) is 23.2. The van der Waals surface area contributed by atoms with Crippen LogP contribution in [0.15, 0.2) is 66.0 Å². The van der Waals surface area contributed by atoms with Crippen molar-refractivity contribution in [1.82, 2.24) is 5.32 Å². The fraction of sp³-hybridized carbons (Fsp3) is 0.389. The molecular weight excluding hydrogens is 258 g/mol. The monoisotopic (exact) mass is 291 g/mol. The number of rotatable bonds is 6. The quantitative estimate of drug-likeness (QED) is 0.408. The minimum atomic E-state index is 0.363. The van der Waals surface area contributed by atoms with Crippen LogP contribution in [0.1, 0.15) is 48.0 Å². The summed E-state index contributed by atoms with van der Waals surface area (Å²) in [4.78, 5) is 4.24. The van der Waals surface area contributed by atoms with E-state index in [-0.39, 0.29) is 0 Å². The molecule has 0 rings (SSSR count). The standard InChI is InChI=1S/C14H21N3.2C2H6/c1-5-9-11-13(8-4)17-14(15)16-12(7-3)10-6-2;2*1-2/h5-6,8-11H,1-2,7H2,3-4H3,(H3,15,16,17);2*1-2H3/b11-9-,12-10+,13-8+;;. The maximum absolute atomic E-state index is 5.79. The molecule has 0 saturated carbocycles. The molecule has 0 unspecified atom stereocenters. The van der Waals surface area contributed by atoms with Crippen LogP contribution in [0.25, 0.3) is 0 Å². The lowest BCUT2D eigenvalue weighted by molar-refractivity contribution is 0.966. The van der Waals surface area contributed by atoms with Gasteiger partial charge >= 0.3 is 0 Å². The summed E-state index contributed by atoms with van der Waals surface area (Å²) < 4.78 is 0. The molecule has 3 N–H and O–H groups in total. The zero-order chi connectivity index (χ0) is 17.1. The number of nitrogens with two attached hydrogens (primary N) is 1. The van der Waals surface area contributed by atoms with Crippen molar-refractivity contribution in [3.05, 3.63) is 61.0 Å². The summed E-state index contributed by atoms with van der Waals surface area (Å²) in [5, 5.41) is 3.03. The van der Waals surface area contributed by atoms with Crippen LogP contribution in [0.2, 0.25) is 0 Å². The van der Waals surface area contributed by atoms with Gasteiger partial charge in [0.1, 0.15) is 0 Å². The molecule has 0 bridgehead atoms. The second-order valence-electron chi connectivity index (χ2n) is 3.21. The smallest absolute Gasteiger partial charge is 0.198 e. The Morgan fingerprint density at radius 1 is 1.14 bits per heavy atom. The predicted molar refractivity (Wildman–Crippen MR) is 99.1 cm³/mol. The van der Waals surface area contributed by atoms with Crippen LogP contribution >= 0.6 is 0 Å². The Labute approximate surface area is 131 Å². The fourth-order valence-corrected chi connectivity index (χ4v) is 1.09. The van der Waals surface area contributed by atoms with Crippen LogP contribution in [0.5, 0.6) is 0 Å². The molecular formula is C18H33N3. The van der Waals surface area contributed by atoms with E-state index in [2.05, 4.69) is 23.5 Å². The highest BCUT2D eigenvalue weighted by atomic mass is 15.1. The van der Waals surface area contributed by atoms with Gasteiger partial charge in [0.25, 0.3) is 0 Å². The van der Waals surface area contributed by atoms with Gasteiger partial charge in [-0.3, -0.25) is 0 Å². The van der Waals surface area contributed by atoms with Gasteiger partial charge in [-0.15, -0.1) is 0 Å². The Morgan fingerprint density at radius 2 is 1.71 bits per heavy atom. The molecule has 0 saturated heterocycles. The summed E-state index contributed by atoms with van der Waals surface area (Å²) in [6.45, 7) is 19.2. The normalized spacial score (nSPS) is 11.8. The van der Waals surface area contributed by atoms with Gasteiger partial charge in [-0.2, -0.15) is 0 Å². The Balaban J connectivity index is -0.000000739. The lowest BCUT2D eigenvalue weighted by atomic mass is 10.3. The van der Waals surface area contributed by atoms with Crippen molar-refractivity contribution < 1.29 is 0 Å². The number of hydrogen-bond acceptors (Lipinski definition) is 1. The van der Waals surface area contributed by atoms with Crippen molar-refractivity contribution in [2.75, 3.05) is 0 Å². The number of allylic oxidation sites excluding steroid dienone is 7. The van der Waals surface area contributed by atoms with Gasteiger partial charge in [-0.05, 0) is 25.5 Å². The van der Waals surface area contributed by atoms with E-state index >= 15 is 0 Å². The van der Waals surface area contributed by atoms with Crippen molar-refractivity contribution in [2.24, 2.45) is 10.7 Å². The van der Waals surface area contributed by atoms with Gasteiger partial charge in [0, 0.05) is 5.70 Å². The highest BCUT2D eigenvalue weighted by Crippen LogP contribution is 2.00. The Hall–Kier alpha value is -2.03. The van der Waals surface area contributed by atoms with Crippen LogP contribution in [-0.2, 0) is 0 Å². The SMILES string of the molecule is C=C/C=C\C(=C/C)N=C(N)N/C(=C/C=C)CC.CC.CC. The van der Waals surface area contributed by atoms with Crippen LogP contribution in [0.4, 0.5) is 0 Å². The average molecular weight is 291 g/mol. The van der Waals surface area contributed by atoms with Crippen LogP contribution in [0.3, 0.4) is 0 Å². The molecule has 0 aliphatic heterocycles. The molecule has 120 valence electrons. The molecule has 3 nitrogen and oxygen atoms in total. The predicted octanol–water partition coefficient (Wildman–Crippen LogP) is 5.07. The van der Waals surface area contributed by atoms with E-state index in [4.69, 9.17) is 5.73 Å². The van der Waals surface area contributed by atoms with Crippen molar-refractivity contribution in [3.8, 4) is 0 Å². The Bertz CT molecular complexity index is 372. The van der Waals surface area contributed by atoms with Crippen LogP contribution in [-0.4, -0.2) is 5.96 Å². The summed E-state index contributed by atoms with van der Waals surface area (Å²) in [5.74, 6) is 0.363. The third kappa shape index (κ3) is 15.9. The van der Waals surface area contributed by atoms with Crippen molar-refractivity contribution in [1.29, 1.82) is 0 Å². The first-order valence-electron chi connectivity index (χ1n) is 7.56. The van der Waals surface area contributed by atoms with E-state index in [0.717, 1.165) is 17.8 Å². The minimum absolute atomic E-state index is 0.363. The summed E-state index contributed by atoms with van der Waals surface area (Å²) in [6.07, 6.45) is 11.6. The number of aliphatic imine (C=N–C) groups is 1. The first-order valence-corrected chi connectivity index (χ1v) is 7.56. The van der Waals surface area contributed by atoms with Gasteiger partial charge < -0.3 is 11.1 Å². The van der Waals surface area contributed by atoms with Gasteiger partial charge in [0.05, 0.1) is 5.70 Å². The largest absolute Gasteiger partial charge is 0.369 e. The molecule has 0 heterocycles. The highest BCUT2D eigenvalue weighted by molar-refractivity contribution is 5.81. The summed E-state index contributed by atoms with van der Waals surface area (Å²) in [5.41, 5.74) is 7.55. The molecule has 0 amide bonds. The molecule has 0 radical (unpaired) electrons. The minimum Gasteiger partial charge on any atom is -0.369 e. The van der Waals surface area contributed by atoms with E-state index in [0.29, 0.717) is 5.96 Å². The average Bonchev–Trinajstić information content (AvgIpc) is 2.54. The Morgan fingerprint density at radius 3 is 2.10 bits per heavy atom. The topological polar surface area (TPSA) is 50.4 Å². The van der Waals surface area contributed by atoms with E-state index in [1.54, 1.807) is 12.2 Å². The zero-order valence-electron chi connectivity index (χ0n) is 14.6. The molecule has 0 aliphatic rings. The molecule has 0 aliphatic carbocycles. The van der Waals surface area contributed by atoms with E-state index < -0.39 is 0 Å². The second kappa shape index (κ2) is 20.3. The van der Waals surface area contributed by atoms with Crippen LogP contribution in [0, 0.1) is 0 Å². The number of nitrogens with one attached hydrogen (secondary N) is 1. The van der Waals surface area contributed by atoms with Crippen LogP contribution < -0.4 is 11.1 Å². The van der Waals surface area contributed by atoms with Gasteiger partial charge in [0.15, 0.2) is 5.96 Å². The van der Waals surface area contributed by atoms with Crippen molar-refractivity contribution in [2.45, 2.75) is 48.0 Å². The summed E-state index contributed by atoms with van der Waals surface area (Å²) in [6, 6.07) is 0.